The number of carbonyl (C=O) groups is 1. The van der Waals surface area contributed by atoms with Gasteiger partial charge < -0.3 is 9.84 Å². The van der Waals surface area contributed by atoms with Gasteiger partial charge in [0.25, 0.3) is 0 Å². The molecular formula is C15H18O3. The first-order valence-corrected chi connectivity index (χ1v) is 6.33. The third kappa shape index (κ3) is 3.13. The van der Waals surface area contributed by atoms with Crippen molar-refractivity contribution in [3.63, 3.8) is 0 Å². The molecule has 1 aliphatic heterocycles. The number of hydrogen-bond donors (Lipinski definition) is 1. The summed E-state index contributed by atoms with van der Waals surface area (Å²) in [5.41, 5.74) is 1.89. The van der Waals surface area contributed by atoms with Crippen molar-refractivity contribution in [1.29, 1.82) is 0 Å². The van der Waals surface area contributed by atoms with Crippen molar-refractivity contribution in [3.8, 4) is 0 Å². The predicted molar refractivity (Wildman–Crippen MR) is 70.3 cm³/mol. The molecule has 0 bridgehead atoms. The molecule has 0 saturated carbocycles. The van der Waals surface area contributed by atoms with Crippen LogP contribution >= 0.6 is 0 Å². The molecule has 0 amide bonds. The second kappa shape index (κ2) is 5.71. The molecule has 3 heteroatoms. The highest BCUT2D eigenvalue weighted by molar-refractivity contribution is 5.75. The van der Waals surface area contributed by atoms with E-state index in [-0.39, 0.29) is 0 Å². The Bertz CT molecular complexity index is 437. The predicted octanol–water partition coefficient (Wildman–Crippen LogP) is 3.42. The first kappa shape index (κ1) is 12.7. The third-order valence-electron chi connectivity index (χ3n) is 3.24. The number of benzene rings is 1. The molecule has 1 fully saturated rings. The van der Waals surface area contributed by atoms with Crippen LogP contribution in [0.3, 0.4) is 0 Å². The van der Waals surface area contributed by atoms with E-state index < -0.39 is 11.9 Å². The Kier molecular flexibility index (Phi) is 4.03. The van der Waals surface area contributed by atoms with Crippen LogP contribution in [0.15, 0.2) is 30.0 Å². The van der Waals surface area contributed by atoms with Crippen molar-refractivity contribution in [1.82, 2.24) is 0 Å². The lowest BCUT2D eigenvalue weighted by Gasteiger charge is -2.15. The van der Waals surface area contributed by atoms with Crippen LogP contribution < -0.4 is 0 Å². The van der Waals surface area contributed by atoms with Crippen LogP contribution in [0.4, 0.5) is 0 Å². The van der Waals surface area contributed by atoms with Crippen LogP contribution in [0.1, 0.15) is 43.2 Å². The highest BCUT2D eigenvalue weighted by atomic mass is 16.5. The number of aliphatic carboxylic acids is 1. The number of rotatable bonds is 3. The average Bonchev–Trinajstić information content (AvgIpc) is 2.40. The standard InChI is InChI=1S/C15H18O3/c1-11(15(16)17)13-7-5-12(6-8-13)10-14-4-2-3-9-18-14/h5-8,10-11H,2-4,9H2,1H3,(H,16,17)/b14-10-. The summed E-state index contributed by atoms with van der Waals surface area (Å²) >= 11 is 0. The van der Waals surface area contributed by atoms with E-state index in [9.17, 15) is 4.79 Å². The van der Waals surface area contributed by atoms with Gasteiger partial charge in [-0.2, -0.15) is 0 Å². The quantitative estimate of drug-likeness (QED) is 0.889. The van der Waals surface area contributed by atoms with Crippen molar-refractivity contribution in [2.24, 2.45) is 0 Å². The molecule has 0 radical (unpaired) electrons. The minimum atomic E-state index is -0.795. The Balaban J connectivity index is 2.09. The summed E-state index contributed by atoms with van der Waals surface area (Å²) in [7, 11) is 0. The summed E-state index contributed by atoms with van der Waals surface area (Å²) < 4.78 is 5.56. The normalized spacial score (nSPS) is 19.3. The van der Waals surface area contributed by atoms with E-state index in [1.165, 1.54) is 6.42 Å². The Morgan fingerprint density at radius 3 is 2.61 bits per heavy atom. The molecule has 1 aliphatic rings. The molecule has 1 aromatic rings. The van der Waals surface area contributed by atoms with E-state index in [0.29, 0.717) is 0 Å². The number of carboxylic acids is 1. The maximum Gasteiger partial charge on any atom is 0.310 e. The van der Waals surface area contributed by atoms with Crippen LogP contribution in [0, 0.1) is 0 Å². The maximum absolute atomic E-state index is 10.9. The van der Waals surface area contributed by atoms with Gasteiger partial charge >= 0.3 is 5.97 Å². The van der Waals surface area contributed by atoms with Crippen molar-refractivity contribution in [3.05, 3.63) is 41.2 Å². The molecule has 3 nitrogen and oxygen atoms in total. The average molecular weight is 246 g/mol. The minimum Gasteiger partial charge on any atom is -0.498 e. The fraction of sp³-hybridized carbons (Fsp3) is 0.400. The molecule has 18 heavy (non-hydrogen) atoms. The largest absolute Gasteiger partial charge is 0.498 e. The van der Waals surface area contributed by atoms with E-state index in [1.807, 2.05) is 30.3 Å². The summed E-state index contributed by atoms with van der Waals surface area (Å²) in [6, 6.07) is 7.63. The van der Waals surface area contributed by atoms with Gasteiger partial charge in [0.15, 0.2) is 0 Å². The van der Waals surface area contributed by atoms with Crippen LogP contribution in [0.25, 0.3) is 6.08 Å². The fourth-order valence-corrected chi connectivity index (χ4v) is 2.00. The van der Waals surface area contributed by atoms with Gasteiger partial charge in [-0.3, -0.25) is 4.79 Å². The highest BCUT2D eigenvalue weighted by Crippen LogP contribution is 2.21. The minimum absolute atomic E-state index is 0.461. The topological polar surface area (TPSA) is 46.5 Å². The summed E-state index contributed by atoms with van der Waals surface area (Å²) in [5.74, 6) is -0.227. The van der Waals surface area contributed by atoms with Gasteiger partial charge in [-0.25, -0.2) is 0 Å². The summed E-state index contributed by atoms with van der Waals surface area (Å²) in [4.78, 5) is 10.9. The molecule has 1 heterocycles. The van der Waals surface area contributed by atoms with E-state index in [4.69, 9.17) is 9.84 Å². The number of hydrogen-bond acceptors (Lipinski definition) is 2. The monoisotopic (exact) mass is 246 g/mol. The van der Waals surface area contributed by atoms with Crippen LogP contribution in [0.5, 0.6) is 0 Å². The molecule has 1 N–H and O–H groups in total. The van der Waals surface area contributed by atoms with Gasteiger partial charge in [-0.1, -0.05) is 24.3 Å². The molecule has 1 unspecified atom stereocenters. The smallest absolute Gasteiger partial charge is 0.310 e. The van der Waals surface area contributed by atoms with E-state index in [2.05, 4.69) is 0 Å². The first-order valence-electron chi connectivity index (χ1n) is 6.33. The van der Waals surface area contributed by atoms with Crippen molar-refractivity contribution < 1.29 is 14.6 Å². The maximum atomic E-state index is 10.9. The zero-order valence-electron chi connectivity index (χ0n) is 10.6. The molecule has 2 rings (SSSR count). The molecule has 0 aliphatic carbocycles. The van der Waals surface area contributed by atoms with Crippen LogP contribution in [-0.4, -0.2) is 17.7 Å². The Morgan fingerprint density at radius 2 is 2.06 bits per heavy atom. The number of carboxylic acid groups (broad SMARTS) is 1. The zero-order valence-corrected chi connectivity index (χ0v) is 10.6. The van der Waals surface area contributed by atoms with E-state index in [1.54, 1.807) is 6.92 Å². The summed E-state index contributed by atoms with van der Waals surface area (Å²) in [6.07, 6.45) is 5.34. The van der Waals surface area contributed by atoms with Crippen molar-refractivity contribution in [2.75, 3.05) is 6.61 Å². The molecule has 0 spiro atoms. The van der Waals surface area contributed by atoms with Gasteiger partial charge in [0.2, 0.25) is 0 Å². The summed E-state index contributed by atoms with van der Waals surface area (Å²) in [5, 5.41) is 8.93. The highest BCUT2D eigenvalue weighted by Gasteiger charge is 2.13. The lowest BCUT2D eigenvalue weighted by Crippen LogP contribution is -2.07. The van der Waals surface area contributed by atoms with Gasteiger partial charge in [0.1, 0.15) is 0 Å². The van der Waals surface area contributed by atoms with Crippen LogP contribution in [0.2, 0.25) is 0 Å². The second-order valence-electron chi connectivity index (χ2n) is 4.64. The SMILES string of the molecule is CC(C(=O)O)c1ccc(/C=C2/CCCCO2)cc1. The number of ether oxygens (including phenoxy) is 1. The molecular weight excluding hydrogens is 228 g/mol. The van der Waals surface area contributed by atoms with E-state index >= 15 is 0 Å². The Hall–Kier alpha value is -1.77. The molecule has 96 valence electrons. The fourth-order valence-electron chi connectivity index (χ4n) is 2.00. The van der Waals surface area contributed by atoms with E-state index in [0.717, 1.165) is 36.3 Å². The number of allylic oxidation sites excluding steroid dienone is 1. The third-order valence-corrected chi connectivity index (χ3v) is 3.24. The molecule has 0 aromatic heterocycles. The zero-order chi connectivity index (χ0) is 13.0. The van der Waals surface area contributed by atoms with Gasteiger partial charge in [-0.15, -0.1) is 0 Å². The van der Waals surface area contributed by atoms with Gasteiger partial charge in [0.05, 0.1) is 18.3 Å². The Morgan fingerprint density at radius 1 is 1.33 bits per heavy atom. The van der Waals surface area contributed by atoms with Crippen LogP contribution in [-0.2, 0) is 9.53 Å². The second-order valence-corrected chi connectivity index (χ2v) is 4.64. The molecule has 1 atom stereocenters. The lowest BCUT2D eigenvalue weighted by atomic mass is 9.99. The lowest BCUT2D eigenvalue weighted by molar-refractivity contribution is -0.138. The van der Waals surface area contributed by atoms with Gasteiger partial charge in [-0.05, 0) is 37.0 Å². The molecule has 1 saturated heterocycles. The Labute approximate surface area is 107 Å². The van der Waals surface area contributed by atoms with Crippen molar-refractivity contribution >= 4 is 12.0 Å². The molecule has 1 aromatic carbocycles. The van der Waals surface area contributed by atoms with Gasteiger partial charge in [0, 0.05) is 6.42 Å². The van der Waals surface area contributed by atoms with Crippen molar-refractivity contribution in [2.45, 2.75) is 32.1 Å². The first-order chi connectivity index (χ1) is 8.66. The summed E-state index contributed by atoms with van der Waals surface area (Å²) in [6.45, 7) is 2.50.